The van der Waals surface area contributed by atoms with Gasteiger partial charge in [0.25, 0.3) is 0 Å². The van der Waals surface area contributed by atoms with Crippen LogP contribution >= 0.6 is 23.2 Å². The first-order valence-corrected chi connectivity index (χ1v) is 15.0. The van der Waals surface area contributed by atoms with Crippen LogP contribution in [0.25, 0.3) is 0 Å². The third-order valence-electron chi connectivity index (χ3n) is 7.79. The molecule has 2 atom stereocenters. The van der Waals surface area contributed by atoms with Gasteiger partial charge in [0.15, 0.2) is 14.6 Å². The van der Waals surface area contributed by atoms with E-state index in [4.69, 9.17) is 23.2 Å². The Morgan fingerprint density at radius 2 is 1.63 bits per heavy atom. The Morgan fingerprint density at radius 3 is 2.34 bits per heavy atom. The molecule has 0 bridgehead atoms. The third-order valence-corrected chi connectivity index (χ3v) is 10.7. The molecule has 1 N–H and O–H groups in total. The quantitative estimate of drug-likeness (QED) is 0.469. The number of amides is 1. The molecular weight excluding hydrogens is 541 g/mol. The van der Waals surface area contributed by atoms with Gasteiger partial charge in [-0.3, -0.25) is 4.79 Å². The maximum absolute atomic E-state index is 14.6. The highest BCUT2D eigenvalue weighted by molar-refractivity contribution is 7.93. The Morgan fingerprint density at radius 1 is 0.921 bits per heavy atom. The van der Waals surface area contributed by atoms with Crippen LogP contribution in [0.3, 0.4) is 0 Å². The van der Waals surface area contributed by atoms with Gasteiger partial charge < -0.3 is 15.1 Å². The molecule has 2 saturated heterocycles. The van der Waals surface area contributed by atoms with Crippen molar-refractivity contribution in [1.29, 1.82) is 0 Å². The summed E-state index contributed by atoms with van der Waals surface area (Å²) in [6.07, 6.45) is 0.525. The largest absolute Gasteiger partial charge is 0.368 e. The molecule has 2 fully saturated rings. The average Bonchev–Trinajstić information content (AvgIpc) is 2.94. The van der Waals surface area contributed by atoms with Crippen LogP contribution in [-0.4, -0.2) is 63.2 Å². The summed E-state index contributed by atoms with van der Waals surface area (Å²) in [5.41, 5.74) is 2.99. The molecule has 0 saturated carbocycles. The first-order valence-electron chi connectivity index (χ1n) is 12.8. The summed E-state index contributed by atoms with van der Waals surface area (Å²) < 4.78 is 27.3. The van der Waals surface area contributed by atoms with Crippen LogP contribution in [0.15, 0.2) is 77.7 Å². The molecule has 200 valence electrons. The number of sulfone groups is 1. The van der Waals surface area contributed by atoms with Crippen molar-refractivity contribution in [1.82, 2.24) is 10.2 Å². The van der Waals surface area contributed by atoms with E-state index in [9.17, 15) is 13.2 Å². The first-order chi connectivity index (χ1) is 18.2. The highest BCUT2D eigenvalue weighted by Crippen LogP contribution is 2.44. The molecule has 3 aromatic rings. The molecule has 3 aromatic carbocycles. The van der Waals surface area contributed by atoms with E-state index >= 15 is 0 Å². The molecule has 0 radical (unpaired) electrons. The van der Waals surface area contributed by atoms with Gasteiger partial charge in [-0.1, -0.05) is 65.7 Å². The number of piperazine rings is 1. The van der Waals surface area contributed by atoms with E-state index in [-0.39, 0.29) is 17.3 Å². The van der Waals surface area contributed by atoms with E-state index in [2.05, 4.69) is 10.2 Å². The summed E-state index contributed by atoms with van der Waals surface area (Å²) in [6.45, 7) is 4.70. The van der Waals surface area contributed by atoms with Crippen molar-refractivity contribution in [3.8, 4) is 0 Å². The number of aryl methyl sites for hydroxylation is 1. The minimum Gasteiger partial charge on any atom is -0.368 e. The van der Waals surface area contributed by atoms with Crippen LogP contribution in [0.4, 0.5) is 5.69 Å². The molecule has 9 heteroatoms. The van der Waals surface area contributed by atoms with Gasteiger partial charge in [0.1, 0.15) is 0 Å². The van der Waals surface area contributed by atoms with E-state index < -0.39 is 20.5 Å². The van der Waals surface area contributed by atoms with Gasteiger partial charge in [0, 0.05) is 54.4 Å². The number of benzene rings is 3. The normalized spacial score (nSPS) is 22.3. The Labute approximate surface area is 234 Å². The molecule has 6 nitrogen and oxygen atoms in total. The van der Waals surface area contributed by atoms with Gasteiger partial charge in [-0.05, 0) is 61.3 Å². The molecule has 2 heterocycles. The van der Waals surface area contributed by atoms with Crippen molar-refractivity contribution >= 4 is 44.6 Å². The maximum Gasteiger partial charge on any atom is 0.246 e. The summed E-state index contributed by atoms with van der Waals surface area (Å²) in [5.74, 6) is -0.865. The van der Waals surface area contributed by atoms with Crippen LogP contribution in [0.2, 0.25) is 10.0 Å². The lowest BCUT2D eigenvalue weighted by molar-refractivity contribution is -0.135. The van der Waals surface area contributed by atoms with Gasteiger partial charge in [-0.15, -0.1) is 0 Å². The maximum atomic E-state index is 14.6. The van der Waals surface area contributed by atoms with E-state index in [1.807, 2.05) is 55.5 Å². The van der Waals surface area contributed by atoms with Crippen molar-refractivity contribution in [3.63, 3.8) is 0 Å². The zero-order valence-electron chi connectivity index (χ0n) is 21.2. The number of nitrogens with one attached hydrogen (secondary N) is 1. The lowest BCUT2D eigenvalue weighted by atomic mass is 9.79. The van der Waals surface area contributed by atoms with E-state index in [1.54, 1.807) is 17.0 Å². The summed E-state index contributed by atoms with van der Waals surface area (Å²) in [5, 5.41) is 4.23. The molecule has 0 unspecified atom stereocenters. The number of carbonyl (C=O) groups is 1. The monoisotopic (exact) mass is 571 g/mol. The minimum atomic E-state index is -4.14. The number of hydrogen-bond donors (Lipinski definition) is 1. The lowest BCUT2D eigenvalue weighted by Crippen LogP contribution is -2.66. The van der Waals surface area contributed by atoms with Gasteiger partial charge >= 0.3 is 0 Å². The van der Waals surface area contributed by atoms with Crippen LogP contribution in [0.1, 0.15) is 23.5 Å². The summed E-state index contributed by atoms with van der Waals surface area (Å²) in [4.78, 5) is 18.6. The fraction of sp³-hybridized carbons (Fsp3) is 0.345. The number of hydrogen-bond acceptors (Lipinski definition) is 5. The highest BCUT2D eigenvalue weighted by Gasteiger charge is 2.59. The van der Waals surface area contributed by atoms with Crippen LogP contribution in [0, 0.1) is 6.92 Å². The number of piperidine rings is 1. The van der Waals surface area contributed by atoms with Gasteiger partial charge in [0.2, 0.25) is 5.91 Å². The van der Waals surface area contributed by atoms with Crippen LogP contribution < -0.4 is 10.2 Å². The predicted octanol–water partition coefficient (Wildman–Crippen LogP) is 4.94. The third kappa shape index (κ3) is 4.81. The van der Waals surface area contributed by atoms with Gasteiger partial charge in [0.05, 0.1) is 4.90 Å². The fourth-order valence-electron chi connectivity index (χ4n) is 5.81. The number of anilines is 1. The van der Waals surface area contributed by atoms with Gasteiger partial charge in [-0.25, -0.2) is 8.42 Å². The molecule has 0 spiro atoms. The molecule has 0 aromatic heterocycles. The molecular formula is C29H31Cl2N3O3S. The Bertz CT molecular complexity index is 1430. The first kappa shape index (κ1) is 27.0. The number of carbonyl (C=O) groups excluding carboxylic acids is 1. The van der Waals surface area contributed by atoms with Crippen LogP contribution in [0.5, 0.6) is 0 Å². The zero-order chi connectivity index (χ0) is 26.9. The molecule has 5 rings (SSSR count). The molecule has 1 amide bonds. The average molecular weight is 573 g/mol. The Kier molecular flexibility index (Phi) is 7.74. The number of nitrogens with zero attached hydrogens (tertiary/aromatic N) is 2. The second-order valence-corrected chi connectivity index (χ2v) is 13.1. The van der Waals surface area contributed by atoms with Gasteiger partial charge in [-0.2, -0.15) is 0 Å². The van der Waals surface area contributed by atoms with E-state index in [0.29, 0.717) is 49.2 Å². The highest BCUT2D eigenvalue weighted by atomic mass is 35.5. The number of halogens is 2. The molecule has 0 aliphatic carbocycles. The Balaban J connectivity index is 1.54. The lowest BCUT2D eigenvalue weighted by Gasteiger charge is -2.47. The SMILES string of the molecule is Cc1ccc(Cl)cc1N1CCN(C(=O)[C@@]2(S(=O)(=O)c3cccc(Cl)c3)CNCC[C@@H]2c2ccccc2)CC1. The van der Waals surface area contributed by atoms with Crippen molar-refractivity contribution < 1.29 is 13.2 Å². The molecule has 38 heavy (non-hydrogen) atoms. The van der Waals surface area contributed by atoms with Crippen molar-refractivity contribution in [2.75, 3.05) is 44.2 Å². The zero-order valence-corrected chi connectivity index (χ0v) is 23.6. The fourth-order valence-corrected chi connectivity index (χ4v) is 8.47. The molecule has 2 aliphatic rings. The summed E-state index contributed by atoms with van der Waals surface area (Å²) in [7, 11) is -4.14. The standard InChI is InChI=1S/C29H31Cl2N3O3S/c1-21-10-11-24(31)19-27(21)33-14-16-34(17-15-33)28(35)29(38(36,37)25-9-5-8-23(30)18-25)20-32-13-12-26(29)22-6-3-2-4-7-22/h2-11,18-19,26,32H,12-17,20H2,1H3/t26-,29-/m1/s1. The van der Waals surface area contributed by atoms with E-state index in [0.717, 1.165) is 16.8 Å². The number of rotatable bonds is 5. The van der Waals surface area contributed by atoms with Crippen molar-refractivity contribution in [2.24, 2.45) is 0 Å². The minimum absolute atomic E-state index is 0.0356. The Hall–Kier alpha value is -2.58. The topological polar surface area (TPSA) is 69.7 Å². The van der Waals surface area contributed by atoms with E-state index in [1.165, 1.54) is 12.1 Å². The van der Waals surface area contributed by atoms with Crippen molar-refractivity contribution in [3.05, 3.63) is 94.0 Å². The summed E-state index contributed by atoms with van der Waals surface area (Å²) in [6, 6.07) is 21.6. The summed E-state index contributed by atoms with van der Waals surface area (Å²) >= 11 is 12.5. The van der Waals surface area contributed by atoms with Crippen LogP contribution in [-0.2, 0) is 14.6 Å². The molecule has 2 aliphatic heterocycles. The predicted molar refractivity (Wildman–Crippen MR) is 153 cm³/mol. The van der Waals surface area contributed by atoms with Crippen molar-refractivity contribution in [2.45, 2.75) is 28.9 Å². The smallest absolute Gasteiger partial charge is 0.246 e. The second kappa shape index (κ2) is 10.9. The second-order valence-electron chi connectivity index (χ2n) is 9.99.